The summed E-state index contributed by atoms with van der Waals surface area (Å²) in [5, 5.41) is 2.87. The van der Waals surface area contributed by atoms with Gasteiger partial charge in [-0.2, -0.15) is 0 Å². The number of urea groups is 1. The lowest BCUT2D eigenvalue weighted by atomic mass is 10.1. The van der Waals surface area contributed by atoms with Crippen molar-refractivity contribution in [2.45, 2.75) is 13.5 Å². The number of rotatable bonds is 7. The number of hydrogen-bond donors (Lipinski definition) is 1. The molecule has 0 radical (unpaired) electrons. The number of nitrogens with one attached hydrogen (secondary N) is 1. The maximum atomic E-state index is 13.0. The van der Waals surface area contributed by atoms with Crippen LogP contribution in [-0.2, 0) is 16.2 Å². The maximum absolute atomic E-state index is 13.0. The first-order valence-corrected chi connectivity index (χ1v) is 10.9. The first kappa shape index (κ1) is 23.1. The fourth-order valence-corrected chi connectivity index (χ4v) is 3.45. The van der Waals surface area contributed by atoms with Gasteiger partial charge in [0.25, 0.3) is 11.8 Å². The first-order valence-electron chi connectivity index (χ1n) is 10.6. The van der Waals surface area contributed by atoms with Gasteiger partial charge in [0.2, 0.25) is 0 Å². The smallest absolute Gasteiger partial charge is 0.335 e. The van der Waals surface area contributed by atoms with E-state index in [0.717, 1.165) is 10.5 Å². The molecule has 1 heterocycles. The van der Waals surface area contributed by atoms with Crippen molar-refractivity contribution >= 4 is 41.2 Å². The van der Waals surface area contributed by atoms with Gasteiger partial charge in [0.15, 0.2) is 0 Å². The molecule has 1 aliphatic rings. The van der Waals surface area contributed by atoms with Crippen LogP contribution in [0.15, 0.2) is 78.4 Å². The Bertz CT molecular complexity index is 1240. The van der Waals surface area contributed by atoms with E-state index in [1.54, 1.807) is 60.7 Å². The summed E-state index contributed by atoms with van der Waals surface area (Å²) in [4.78, 5) is 38.7. The van der Waals surface area contributed by atoms with E-state index in [4.69, 9.17) is 21.1 Å². The van der Waals surface area contributed by atoms with Crippen LogP contribution in [0.1, 0.15) is 18.1 Å². The van der Waals surface area contributed by atoms with E-state index >= 15 is 0 Å². The standard InChI is InChI=1S/C26H21ClN2O5/c1-2-33-21-13-9-20(10-14-21)29-25(31)23(24(30)28-26(29)32)15-17-5-11-22(12-6-17)34-16-18-3-7-19(27)8-4-18/h3-15H,2,16H2,1H3,(H,28,30,32)/b23-15+. The van der Waals surface area contributed by atoms with Crippen LogP contribution in [-0.4, -0.2) is 24.5 Å². The molecule has 1 aliphatic heterocycles. The molecule has 172 valence electrons. The molecule has 8 heteroatoms. The van der Waals surface area contributed by atoms with E-state index in [-0.39, 0.29) is 5.57 Å². The van der Waals surface area contributed by atoms with Crippen molar-refractivity contribution in [3.8, 4) is 11.5 Å². The van der Waals surface area contributed by atoms with Gasteiger partial charge in [-0.1, -0.05) is 35.9 Å². The van der Waals surface area contributed by atoms with Gasteiger partial charge in [-0.05, 0) is 72.7 Å². The Morgan fingerprint density at radius 3 is 2.12 bits per heavy atom. The largest absolute Gasteiger partial charge is 0.494 e. The van der Waals surface area contributed by atoms with Gasteiger partial charge in [0.05, 0.1) is 12.3 Å². The van der Waals surface area contributed by atoms with Gasteiger partial charge in [-0.3, -0.25) is 14.9 Å². The monoisotopic (exact) mass is 476 g/mol. The summed E-state index contributed by atoms with van der Waals surface area (Å²) >= 11 is 5.89. The summed E-state index contributed by atoms with van der Waals surface area (Å²) in [6.07, 6.45) is 1.44. The van der Waals surface area contributed by atoms with E-state index < -0.39 is 17.8 Å². The van der Waals surface area contributed by atoms with Gasteiger partial charge >= 0.3 is 6.03 Å². The third-order valence-electron chi connectivity index (χ3n) is 5.02. The Balaban J connectivity index is 1.49. The Labute approximate surface area is 201 Å². The summed E-state index contributed by atoms with van der Waals surface area (Å²) in [6.45, 7) is 2.73. The Kier molecular flexibility index (Phi) is 6.94. The van der Waals surface area contributed by atoms with Crippen LogP contribution >= 0.6 is 11.6 Å². The van der Waals surface area contributed by atoms with Crippen molar-refractivity contribution in [2.24, 2.45) is 0 Å². The Morgan fingerprint density at radius 2 is 1.47 bits per heavy atom. The number of carbonyl (C=O) groups is 3. The molecule has 0 aromatic heterocycles. The predicted molar refractivity (Wildman–Crippen MR) is 129 cm³/mol. The zero-order valence-corrected chi connectivity index (χ0v) is 19.0. The van der Waals surface area contributed by atoms with Crippen LogP contribution in [0.2, 0.25) is 5.02 Å². The number of ether oxygens (including phenoxy) is 2. The van der Waals surface area contributed by atoms with Crippen LogP contribution in [0, 0.1) is 0 Å². The average molecular weight is 477 g/mol. The van der Waals surface area contributed by atoms with Crippen molar-refractivity contribution in [2.75, 3.05) is 11.5 Å². The summed E-state index contributed by atoms with van der Waals surface area (Å²) in [5.74, 6) is -0.217. The molecule has 4 rings (SSSR count). The molecule has 0 atom stereocenters. The van der Waals surface area contributed by atoms with Crippen LogP contribution in [0.5, 0.6) is 11.5 Å². The van der Waals surface area contributed by atoms with Gasteiger partial charge < -0.3 is 9.47 Å². The highest BCUT2D eigenvalue weighted by molar-refractivity contribution is 6.39. The number of hydrogen-bond acceptors (Lipinski definition) is 5. The minimum atomic E-state index is -0.803. The van der Waals surface area contributed by atoms with Crippen LogP contribution in [0.25, 0.3) is 6.08 Å². The van der Waals surface area contributed by atoms with Crippen molar-refractivity contribution in [3.05, 3.63) is 94.5 Å². The zero-order valence-electron chi connectivity index (χ0n) is 18.3. The first-order chi connectivity index (χ1) is 16.4. The molecule has 0 saturated carbocycles. The molecule has 34 heavy (non-hydrogen) atoms. The van der Waals surface area contributed by atoms with Crippen LogP contribution < -0.4 is 19.7 Å². The lowest BCUT2D eigenvalue weighted by Gasteiger charge is -2.26. The second-order valence-corrected chi connectivity index (χ2v) is 7.81. The van der Waals surface area contributed by atoms with Gasteiger partial charge in [-0.25, -0.2) is 9.69 Å². The number of carbonyl (C=O) groups excluding carboxylic acids is 3. The zero-order chi connectivity index (χ0) is 24.1. The highest BCUT2D eigenvalue weighted by Crippen LogP contribution is 2.25. The van der Waals surface area contributed by atoms with Gasteiger partial charge in [-0.15, -0.1) is 0 Å². The quantitative estimate of drug-likeness (QED) is 0.384. The highest BCUT2D eigenvalue weighted by atomic mass is 35.5. The van der Waals surface area contributed by atoms with E-state index in [9.17, 15) is 14.4 Å². The average Bonchev–Trinajstić information content (AvgIpc) is 2.83. The van der Waals surface area contributed by atoms with Crippen molar-refractivity contribution in [3.63, 3.8) is 0 Å². The molecule has 4 amide bonds. The number of halogens is 1. The Morgan fingerprint density at radius 1 is 0.853 bits per heavy atom. The normalized spacial score (nSPS) is 14.8. The molecular formula is C26H21ClN2O5. The molecule has 0 aliphatic carbocycles. The summed E-state index contributed by atoms with van der Waals surface area (Å²) in [7, 11) is 0. The molecular weight excluding hydrogens is 456 g/mol. The molecule has 3 aromatic rings. The highest BCUT2D eigenvalue weighted by Gasteiger charge is 2.36. The second-order valence-electron chi connectivity index (χ2n) is 7.37. The second kappa shape index (κ2) is 10.2. The molecule has 3 aromatic carbocycles. The minimum Gasteiger partial charge on any atom is -0.494 e. The molecule has 7 nitrogen and oxygen atoms in total. The lowest BCUT2D eigenvalue weighted by molar-refractivity contribution is -0.122. The van der Waals surface area contributed by atoms with Crippen molar-refractivity contribution in [1.29, 1.82) is 0 Å². The number of benzene rings is 3. The summed E-state index contributed by atoms with van der Waals surface area (Å²) in [5.41, 5.74) is 1.76. The Hall–Kier alpha value is -4.10. The minimum absolute atomic E-state index is 0.150. The fourth-order valence-electron chi connectivity index (χ4n) is 3.32. The molecule has 1 fully saturated rings. The topological polar surface area (TPSA) is 84.9 Å². The van der Waals surface area contributed by atoms with E-state index in [1.165, 1.54) is 6.08 Å². The number of imide groups is 2. The molecule has 0 unspecified atom stereocenters. The van der Waals surface area contributed by atoms with E-state index in [1.807, 2.05) is 19.1 Å². The third kappa shape index (κ3) is 5.27. The number of barbiturate groups is 1. The van der Waals surface area contributed by atoms with Crippen molar-refractivity contribution < 1.29 is 23.9 Å². The predicted octanol–water partition coefficient (Wildman–Crippen LogP) is 4.98. The molecule has 1 N–H and O–H groups in total. The van der Waals surface area contributed by atoms with Gasteiger partial charge in [0.1, 0.15) is 23.7 Å². The fraction of sp³-hybridized carbons (Fsp3) is 0.115. The lowest BCUT2D eigenvalue weighted by Crippen LogP contribution is -2.54. The summed E-state index contributed by atoms with van der Waals surface area (Å²) < 4.78 is 11.2. The van der Waals surface area contributed by atoms with Crippen LogP contribution in [0.4, 0.5) is 10.5 Å². The third-order valence-corrected chi connectivity index (χ3v) is 5.27. The number of anilines is 1. The van der Waals surface area contributed by atoms with Crippen LogP contribution in [0.3, 0.4) is 0 Å². The molecule has 1 saturated heterocycles. The maximum Gasteiger partial charge on any atom is 0.335 e. The number of amides is 4. The molecule has 0 spiro atoms. The number of nitrogens with zero attached hydrogens (tertiary/aromatic N) is 1. The van der Waals surface area contributed by atoms with Gasteiger partial charge in [0, 0.05) is 5.02 Å². The van der Waals surface area contributed by atoms with E-state index in [0.29, 0.717) is 41.0 Å². The SMILES string of the molecule is CCOc1ccc(N2C(=O)NC(=O)/C(=C\c3ccc(OCc4ccc(Cl)cc4)cc3)C2=O)cc1. The van der Waals surface area contributed by atoms with E-state index in [2.05, 4.69) is 5.32 Å². The molecule has 0 bridgehead atoms. The summed E-state index contributed by atoms with van der Waals surface area (Å²) in [6, 6.07) is 20.0. The van der Waals surface area contributed by atoms with Crippen molar-refractivity contribution in [1.82, 2.24) is 5.32 Å².